The Kier molecular flexibility index (Phi) is 3.62. The van der Waals surface area contributed by atoms with Crippen LogP contribution in [0.3, 0.4) is 0 Å². The van der Waals surface area contributed by atoms with Gasteiger partial charge in [-0.25, -0.2) is 14.5 Å². The highest BCUT2D eigenvalue weighted by molar-refractivity contribution is 5.79. The molecule has 0 fully saturated rings. The zero-order chi connectivity index (χ0) is 17.2. The van der Waals surface area contributed by atoms with E-state index in [1.807, 2.05) is 30.5 Å². The van der Waals surface area contributed by atoms with E-state index in [0.717, 1.165) is 11.2 Å². The molecular weight excluding hydrogens is 318 g/mol. The minimum Gasteiger partial charge on any atom is -0.481 e. The lowest BCUT2D eigenvalue weighted by atomic mass is 10.3. The molecule has 8 nitrogen and oxygen atoms in total. The van der Waals surface area contributed by atoms with Gasteiger partial charge in [-0.2, -0.15) is 0 Å². The zero-order valence-electron chi connectivity index (χ0n) is 13.4. The Morgan fingerprint density at radius 2 is 2.04 bits per heavy atom. The molecule has 0 saturated heterocycles. The summed E-state index contributed by atoms with van der Waals surface area (Å²) < 4.78 is 6.92. The van der Waals surface area contributed by atoms with Crippen LogP contribution in [-0.2, 0) is 0 Å². The Morgan fingerprint density at radius 1 is 1.12 bits per heavy atom. The molecule has 0 aliphatic carbocycles. The van der Waals surface area contributed by atoms with Crippen LogP contribution in [0.4, 0.5) is 17.2 Å². The minimum absolute atomic E-state index is 0.470. The first kappa shape index (κ1) is 14.9. The Morgan fingerprint density at radius 3 is 2.88 bits per heavy atom. The standard InChI is InChI=1S/C17H15N7O/c1-25-15-6-2-4-13(20-15)16-22-17(14-5-3-9-24(14)23-16)21-12-7-8-19-10-11(12)18/h2-10H,18H2,1H3,(H,19,21,22,23). The molecule has 0 saturated carbocycles. The maximum Gasteiger partial charge on any atom is 0.213 e. The van der Waals surface area contributed by atoms with Gasteiger partial charge in [0.15, 0.2) is 5.82 Å². The van der Waals surface area contributed by atoms with E-state index in [9.17, 15) is 0 Å². The third-order valence-corrected chi connectivity index (χ3v) is 3.66. The second kappa shape index (κ2) is 6.08. The maximum absolute atomic E-state index is 5.97. The maximum atomic E-state index is 5.97. The molecule has 0 aliphatic rings. The van der Waals surface area contributed by atoms with Crippen molar-refractivity contribution in [2.75, 3.05) is 18.2 Å². The van der Waals surface area contributed by atoms with Crippen LogP contribution in [0, 0.1) is 0 Å². The van der Waals surface area contributed by atoms with Gasteiger partial charge in [0, 0.05) is 18.5 Å². The van der Waals surface area contributed by atoms with Gasteiger partial charge < -0.3 is 15.8 Å². The number of aromatic nitrogens is 5. The zero-order valence-corrected chi connectivity index (χ0v) is 13.4. The number of fused-ring (bicyclic) bond motifs is 1. The number of methoxy groups -OCH3 is 1. The molecule has 0 radical (unpaired) electrons. The molecule has 0 unspecified atom stereocenters. The molecule has 0 amide bonds. The fourth-order valence-electron chi connectivity index (χ4n) is 2.44. The van der Waals surface area contributed by atoms with Crippen molar-refractivity contribution in [2.24, 2.45) is 0 Å². The molecule has 4 aromatic heterocycles. The number of rotatable bonds is 4. The number of ether oxygens (including phenoxy) is 1. The summed E-state index contributed by atoms with van der Waals surface area (Å²) in [5.74, 6) is 1.59. The predicted octanol–water partition coefficient (Wildman–Crippen LogP) is 2.52. The van der Waals surface area contributed by atoms with Crippen LogP contribution in [0.15, 0.2) is 55.0 Å². The topological polar surface area (TPSA) is 103 Å². The molecule has 4 heterocycles. The molecule has 0 spiro atoms. The van der Waals surface area contributed by atoms with Crippen molar-refractivity contribution in [3.8, 4) is 17.4 Å². The van der Waals surface area contributed by atoms with E-state index in [1.165, 1.54) is 0 Å². The number of nitrogens with two attached hydrogens (primary N) is 1. The first-order valence-corrected chi connectivity index (χ1v) is 7.58. The smallest absolute Gasteiger partial charge is 0.213 e. The van der Waals surface area contributed by atoms with Gasteiger partial charge in [-0.05, 0) is 24.3 Å². The first-order valence-electron chi connectivity index (χ1n) is 7.58. The van der Waals surface area contributed by atoms with Crippen LogP contribution in [0.1, 0.15) is 0 Å². The van der Waals surface area contributed by atoms with Crippen molar-refractivity contribution in [3.63, 3.8) is 0 Å². The molecule has 0 bridgehead atoms. The lowest BCUT2D eigenvalue weighted by molar-refractivity contribution is 0.398. The van der Waals surface area contributed by atoms with E-state index >= 15 is 0 Å². The average Bonchev–Trinajstić information content (AvgIpc) is 3.12. The summed E-state index contributed by atoms with van der Waals surface area (Å²) in [6.07, 6.45) is 5.10. The second-order valence-electron chi connectivity index (χ2n) is 5.28. The summed E-state index contributed by atoms with van der Waals surface area (Å²) in [6, 6.07) is 11.1. The summed E-state index contributed by atoms with van der Waals surface area (Å²) in [4.78, 5) is 13.0. The van der Waals surface area contributed by atoms with Crippen LogP contribution in [0.25, 0.3) is 17.0 Å². The predicted molar refractivity (Wildman–Crippen MR) is 94.7 cm³/mol. The highest BCUT2D eigenvalue weighted by atomic mass is 16.5. The van der Waals surface area contributed by atoms with Crippen LogP contribution in [0.5, 0.6) is 5.88 Å². The van der Waals surface area contributed by atoms with Gasteiger partial charge in [-0.1, -0.05) is 6.07 Å². The van der Waals surface area contributed by atoms with E-state index < -0.39 is 0 Å². The summed E-state index contributed by atoms with van der Waals surface area (Å²) >= 11 is 0. The number of hydrogen-bond donors (Lipinski definition) is 2. The molecule has 124 valence electrons. The number of nitrogen functional groups attached to an aromatic ring is 1. The van der Waals surface area contributed by atoms with Crippen LogP contribution in [-0.4, -0.2) is 31.7 Å². The monoisotopic (exact) mass is 333 g/mol. The Hall–Kier alpha value is -3.68. The molecule has 3 N–H and O–H groups in total. The summed E-state index contributed by atoms with van der Waals surface area (Å²) in [5, 5.41) is 7.75. The van der Waals surface area contributed by atoms with Crippen molar-refractivity contribution in [1.82, 2.24) is 24.6 Å². The van der Waals surface area contributed by atoms with Crippen molar-refractivity contribution in [2.45, 2.75) is 0 Å². The fraction of sp³-hybridized carbons (Fsp3) is 0.0588. The molecular formula is C17H15N7O. The number of pyridine rings is 2. The van der Waals surface area contributed by atoms with E-state index in [4.69, 9.17) is 10.5 Å². The van der Waals surface area contributed by atoms with E-state index in [-0.39, 0.29) is 0 Å². The van der Waals surface area contributed by atoms with Crippen molar-refractivity contribution < 1.29 is 4.74 Å². The molecule has 0 atom stereocenters. The Bertz CT molecular complexity index is 1040. The summed E-state index contributed by atoms with van der Waals surface area (Å²) in [5.41, 5.74) is 8.66. The highest BCUT2D eigenvalue weighted by Crippen LogP contribution is 2.26. The van der Waals surface area contributed by atoms with Crippen LogP contribution >= 0.6 is 0 Å². The van der Waals surface area contributed by atoms with Crippen LogP contribution in [0.2, 0.25) is 0 Å². The fourth-order valence-corrected chi connectivity index (χ4v) is 2.44. The number of nitrogens with one attached hydrogen (secondary N) is 1. The van der Waals surface area contributed by atoms with E-state index in [2.05, 4.69) is 25.4 Å². The molecule has 25 heavy (non-hydrogen) atoms. The van der Waals surface area contributed by atoms with E-state index in [1.54, 1.807) is 36.2 Å². The van der Waals surface area contributed by atoms with E-state index in [0.29, 0.717) is 28.9 Å². The van der Waals surface area contributed by atoms with Gasteiger partial charge in [-0.3, -0.25) is 4.98 Å². The van der Waals surface area contributed by atoms with Gasteiger partial charge in [0.05, 0.1) is 24.7 Å². The molecule has 0 aromatic carbocycles. The first-order chi connectivity index (χ1) is 12.2. The van der Waals surface area contributed by atoms with Gasteiger partial charge in [0.2, 0.25) is 11.7 Å². The third kappa shape index (κ3) is 2.80. The largest absolute Gasteiger partial charge is 0.481 e. The van der Waals surface area contributed by atoms with Crippen molar-refractivity contribution in [1.29, 1.82) is 0 Å². The van der Waals surface area contributed by atoms with Gasteiger partial charge >= 0.3 is 0 Å². The number of nitrogens with zero attached hydrogens (tertiary/aromatic N) is 5. The molecule has 0 aliphatic heterocycles. The summed E-state index contributed by atoms with van der Waals surface area (Å²) in [7, 11) is 1.57. The number of hydrogen-bond acceptors (Lipinski definition) is 7. The van der Waals surface area contributed by atoms with Crippen molar-refractivity contribution in [3.05, 3.63) is 55.0 Å². The van der Waals surface area contributed by atoms with Gasteiger partial charge in [0.1, 0.15) is 11.2 Å². The lowest BCUT2D eigenvalue weighted by Gasteiger charge is -2.11. The SMILES string of the molecule is COc1cccc(-c2nc(Nc3ccncc3N)c3cccn3n2)n1. The molecule has 8 heteroatoms. The quantitative estimate of drug-likeness (QED) is 0.591. The van der Waals surface area contributed by atoms with Gasteiger partial charge in [-0.15, -0.1) is 5.10 Å². The normalized spacial score (nSPS) is 10.8. The minimum atomic E-state index is 0.470. The van der Waals surface area contributed by atoms with Crippen molar-refractivity contribution >= 4 is 22.7 Å². The Balaban J connectivity index is 1.83. The van der Waals surface area contributed by atoms with Crippen LogP contribution < -0.4 is 15.8 Å². The summed E-state index contributed by atoms with van der Waals surface area (Å²) in [6.45, 7) is 0. The Labute approximate surface area is 143 Å². The molecule has 4 rings (SSSR count). The highest BCUT2D eigenvalue weighted by Gasteiger charge is 2.12. The average molecular weight is 333 g/mol. The second-order valence-corrected chi connectivity index (χ2v) is 5.28. The number of anilines is 3. The lowest BCUT2D eigenvalue weighted by Crippen LogP contribution is -2.05. The van der Waals surface area contributed by atoms with Gasteiger partial charge in [0.25, 0.3) is 0 Å². The molecule has 4 aromatic rings. The third-order valence-electron chi connectivity index (χ3n) is 3.66.